The number of nitriles is 1. The Kier molecular flexibility index (Phi) is 6.83. The lowest BCUT2D eigenvalue weighted by Crippen LogP contribution is -2.34. The normalized spacial score (nSPS) is 14.4. The first-order chi connectivity index (χ1) is 16.8. The van der Waals surface area contributed by atoms with Crippen molar-refractivity contribution in [2.75, 3.05) is 13.2 Å². The van der Waals surface area contributed by atoms with Crippen LogP contribution >= 0.6 is 0 Å². The topological polar surface area (TPSA) is 103 Å². The van der Waals surface area contributed by atoms with Crippen molar-refractivity contribution in [3.63, 3.8) is 0 Å². The van der Waals surface area contributed by atoms with Crippen LogP contribution in [0, 0.1) is 30.1 Å². The third-order valence-corrected chi connectivity index (χ3v) is 6.24. The molecule has 3 aromatic rings. The third-order valence-electron chi connectivity index (χ3n) is 6.24. The molecule has 2 amide bonds. The van der Waals surface area contributed by atoms with Gasteiger partial charge in [-0.3, -0.25) is 19.3 Å². The molecule has 2 heterocycles. The van der Waals surface area contributed by atoms with Gasteiger partial charge < -0.3 is 9.72 Å². The largest absolute Gasteiger partial charge is 0.493 e. The van der Waals surface area contributed by atoms with Gasteiger partial charge in [0.05, 0.1) is 17.7 Å². The number of nitrogens with zero attached hydrogens (tertiary/aromatic N) is 2. The highest BCUT2D eigenvalue weighted by molar-refractivity contribution is 6.21. The number of hydrogen-bond donors (Lipinski definition) is 1. The molecule has 7 nitrogen and oxygen atoms in total. The zero-order chi connectivity index (χ0) is 25.1. The molecule has 4 rings (SSSR count). The molecule has 0 saturated carbocycles. The SMILES string of the molecule is Cc1[nH]c(=O)c(C#N)cc1-c1ccc(OCC(C)CC(C)CN2C(=O)c3ccccc3C2=O)cc1. The summed E-state index contributed by atoms with van der Waals surface area (Å²) in [5.74, 6) is 0.633. The molecule has 0 aliphatic carbocycles. The van der Waals surface area contributed by atoms with Crippen molar-refractivity contribution in [1.29, 1.82) is 5.26 Å². The molecule has 0 spiro atoms. The molecule has 1 aliphatic rings. The van der Waals surface area contributed by atoms with E-state index in [-0.39, 0.29) is 34.8 Å². The Morgan fingerprint density at radius 3 is 2.17 bits per heavy atom. The predicted octanol–water partition coefficient (Wildman–Crippen LogP) is 4.56. The van der Waals surface area contributed by atoms with E-state index in [0.717, 1.165) is 23.3 Å². The monoisotopic (exact) mass is 469 g/mol. The number of nitrogens with one attached hydrogen (secondary N) is 1. The summed E-state index contributed by atoms with van der Waals surface area (Å²) in [6.07, 6.45) is 0.805. The Hall–Kier alpha value is -4.18. The van der Waals surface area contributed by atoms with Crippen LogP contribution in [-0.4, -0.2) is 34.8 Å². The number of benzene rings is 2. The molecular formula is C28H27N3O4. The van der Waals surface area contributed by atoms with Crippen LogP contribution in [0.1, 0.15) is 52.2 Å². The lowest BCUT2D eigenvalue weighted by molar-refractivity contribution is 0.0624. The van der Waals surface area contributed by atoms with Crippen molar-refractivity contribution in [1.82, 2.24) is 9.88 Å². The minimum Gasteiger partial charge on any atom is -0.493 e. The summed E-state index contributed by atoms with van der Waals surface area (Å²) in [5.41, 5.74) is 3.02. The number of ether oxygens (including phenoxy) is 1. The number of amides is 2. The smallest absolute Gasteiger partial charge is 0.266 e. The second-order valence-corrected chi connectivity index (χ2v) is 9.21. The van der Waals surface area contributed by atoms with Crippen molar-refractivity contribution in [3.8, 4) is 22.9 Å². The lowest BCUT2D eigenvalue weighted by Gasteiger charge is -2.22. The van der Waals surface area contributed by atoms with Gasteiger partial charge in [0.15, 0.2) is 0 Å². The highest BCUT2D eigenvalue weighted by Crippen LogP contribution is 2.27. The summed E-state index contributed by atoms with van der Waals surface area (Å²) >= 11 is 0. The maximum atomic E-state index is 12.6. The maximum Gasteiger partial charge on any atom is 0.266 e. The van der Waals surface area contributed by atoms with Crippen molar-refractivity contribution in [2.45, 2.75) is 27.2 Å². The molecule has 0 radical (unpaired) electrons. The van der Waals surface area contributed by atoms with Crippen LogP contribution in [0.5, 0.6) is 5.75 Å². The van der Waals surface area contributed by atoms with Gasteiger partial charge in [-0.2, -0.15) is 5.26 Å². The second kappa shape index (κ2) is 9.98. The molecule has 0 bridgehead atoms. The van der Waals surface area contributed by atoms with Crippen LogP contribution in [0.15, 0.2) is 59.4 Å². The number of carbonyl (C=O) groups is 2. The molecule has 0 saturated heterocycles. The zero-order valence-corrected chi connectivity index (χ0v) is 20.0. The molecule has 1 aromatic heterocycles. The van der Waals surface area contributed by atoms with Crippen molar-refractivity contribution >= 4 is 11.8 Å². The minimum absolute atomic E-state index is 0.0788. The van der Waals surface area contributed by atoms with Crippen molar-refractivity contribution in [3.05, 3.63) is 87.3 Å². The summed E-state index contributed by atoms with van der Waals surface area (Å²) in [4.78, 5) is 41.0. The summed E-state index contributed by atoms with van der Waals surface area (Å²) in [6, 6.07) is 18.0. The lowest BCUT2D eigenvalue weighted by atomic mass is 9.97. The average molecular weight is 470 g/mol. The fourth-order valence-electron chi connectivity index (χ4n) is 4.52. The number of aromatic nitrogens is 1. The van der Waals surface area contributed by atoms with Crippen molar-refractivity contribution < 1.29 is 14.3 Å². The molecule has 1 N–H and O–H groups in total. The average Bonchev–Trinajstić information content (AvgIpc) is 3.08. The van der Waals surface area contributed by atoms with E-state index in [4.69, 9.17) is 10.00 Å². The van der Waals surface area contributed by atoms with Gasteiger partial charge in [-0.25, -0.2) is 0 Å². The standard InChI is InChI=1S/C28H27N3O4/c1-17(15-31-27(33)23-6-4-5-7-24(23)28(31)34)12-18(2)16-35-22-10-8-20(9-11-22)25-13-21(14-29)26(32)30-19(25)3/h4-11,13,17-18H,12,15-16H2,1-3H3,(H,30,32). The third kappa shape index (κ3) is 5.02. The summed E-state index contributed by atoms with van der Waals surface area (Å²) in [6.45, 7) is 6.81. The zero-order valence-electron chi connectivity index (χ0n) is 20.0. The van der Waals surface area contributed by atoms with Crippen LogP contribution in [-0.2, 0) is 0 Å². The van der Waals surface area contributed by atoms with E-state index in [9.17, 15) is 14.4 Å². The number of rotatable bonds is 8. The number of aromatic amines is 1. The minimum atomic E-state index is -0.389. The van der Waals surface area contributed by atoms with E-state index in [0.29, 0.717) is 30.0 Å². The van der Waals surface area contributed by atoms with Crippen LogP contribution in [0.2, 0.25) is 0 Å². The summed E-state index contributed by atoms with van der Waals surface area (Å²) in [5, 5.41) is 9.13. The first kappa shape index (κ1) is 24.0. The van der Waals surface area contributed by atoms with Gasteiger partial charge in [0, 0.05) is 17.8 Å². The van der Waals surface area contributed by atoms with Gasteiger partial charge in [-0.1, -0.05) is 38.1 Å². The first-order valence-electron chi connectivity index (χ1n) is 11.6. The number of pyridine rings is 1. The number of hydrogen-bond acceptors (Lipinski definition) is 5. The Balaban J connectivity index is 1.31. The highest BCUT2D eigenvalue weighted by Gasteiger charge is 2.35. The number of imide groups is 1. The van der Waals surface area contributed by atoms with Gasteiger partial charge in [0.2, 0.25) is 0 Å². The van der Waals surface area contributed by atoms with Crippen LogP contribution in [0.4, 0.5) is 0 Å². The molecule has 0 fully saturated rings. The van der Waals surface area contributed by atoms with Gasteiger partial charge in [-0.15, -0.1) is 0 Å². The maximum absolute atomic E-state index is 12.6. The van der Waals surface area contributed by atoms with E-state index < -0.39 is 0 Å². The number of H-pyrrole nitrogens is 1. The molecule has 2 unspecified atom stereocenters. The summed E-state index contributed by atoms with van der Waals surface area (Å²) in [7, 11) is 0. The Labute approximate surface area is 204 Å². The molecule has 2 atom stereocenters. The van der Waals surface area contributed by atoms with E-state index in [1.165, 1.54) is 4.90 Å². The van der Waals surface area contributed by atoms with Gasteiger partial charge >= 0.3 is 0 Å². The Bertz CT molecular complexity index is 1330. The van der Waals surface area contributed by atoms with Crippen LogP contribution in [0.25, 0.3) is 11.1 Å². The van der Waals surface area contributed by atoms with Gasteiger partial charge in [0.1, 0.15) is 17.4 Å². The first-order valence-corrected chi connectivity index (χ1v) is 11.6. The molecule has 1 aliphatic heterocycles. The van der Waals surface area contributed by atoms with Crippen molar-refractivity contribution in [2.24, 2.45) is 11.8 Å². The van der Waals surface area contributed by atoms with E-state index >= 15 is 0 Å². The fraction of sp³-hybridized carbons (Fsp3) is 0.286. The van der Waals surface area contributed by atoms with E-state index in [1.54, 1.807) is 37.3 Å². The number of fused-ring (bicyclic) bond motifs is 1. The molecule has 178 valence electrons. The molecule has 35 heavy (non-hydrogen) atoms. The van der Waals surface area contributed by atoms with Crippen LogP contribution in [0.3, 0.4) is 0 Å². The van der Waals surface area contributed by atoms with E-state index in [1.807, 2.05) is 37.3 Å². The van der Waals surface area contributed by atoms with E-state index in [2.05, 4.69) is 11.9 Å². The van der Waals surface area contributed by atoms with Crippen LogP contribution < -0.4 is 10.3 Å². The molecule has 7 heteroatoms. The number of aryl methyl sites for hydroxylation is 1. The molecule has 2 aromatic carbocycles. The Morgan fingerprint density at radius 2 is 1.57 bits per heavy atom. The highest BCUT2D eigenvalue weighted by atomic mass is 16.5. The predicted molar refractivity (Wildman–Crippen MR) is 132 cm³/mol. The summed E-state index contributed by atoms with van der Waals surface area (Å²) < 4.78 is 5.96. The van der Waals surface area contributed by atoms with Gasteiger partial charge in [-0.05, 0) is 61.1 Å². The fourth-order valence-corrected chi connectivity index (χ4v) is 4.52. The Morgan fingerprint density at radius 1 is 0.943 bits per heavy atom. The molecular weight excluding hydrogens is 442 g/mol. The van der Waals surface area contributed by atoms with Gasteiger partial charge in [0.25, 0.3) is 17.4 Å². The number of carbonyl (C=O) groups excluding carboxylic acids is 2. The second-order valence-electron chi connectivity index (χ2n) is 9.21. The quantitative estimate of drug-likeness (QED) is 0.487.